The zero-order valence-electron chi connectivity index (χ0n) is 3.75. The summed E-state index contributed by atoms with van der Waals surface area (Å²) in [5.74, 6) is 0. The molecule has 0 N–H and O–H groups in total. The van der Waals surface area contributed by atoms with Crippen molar-refractivity contribution in [2.24, 2.45) is 0 Å². The molecule has 0 radical (unpaired) electrons. The summed E-state index contributed by atoms with van der Waals surface area (Å²) in [6.07, 6.45) is 0. The topological polar surface area (TPSA) is 85.3 Å². The number of hydrogen-bond acceptors (Lipinski definition) is 5. The van der Waals surface area contributed by atoms with Gasteiger partial charge in [0.05, 0.1) is 0 Å². The van der Waals surface area contributed by atoms with Crippen molar-refractivity contribution in [3.63, 3.8) is 0 Å². The molecule has 0 aromatic rings. The van der Waals surface area contributed by atoms with Gasteiger partial charge in [-0.15, -0.1) is 0 Å². The van der Waals surface area contributed by atoms with Gasteiger partial charge in [0.25, 0.3) is 0 Å². The first-order valence-corrected chi connectivity index (χ1v) is 6.25. The molecule has 0 unspecified atom stereocenters. The SMILES string of the molecule is [O]=[AlH].[O]=[Ce]=[O].[O]=[Zr]=[O]. The summed E-state index contributed by atoms with van der Waals surface area (Å²) in [6.45, 7) is 0. The van der Waals surface area contributed by atoms with Crippen molar-refractivity contribution >= 4 is 16.2 Å². The average molecular weight is 339 g/mol. The van der Waals surface area contributed by atoms with Gasteiger partial charge < -0.3 is 0 Å². The molecular formula is HAlCeO5Zr. The Hall–Kier alpha value is 1.79. The Morgan fingerprint density at radius 1 is 1.12 bits per heavy atom. The minimum atomic E-state index is -2.42. The Morgan fingerprint density at radius 3 is 1.12 bits per heavy atom. The van der Waals surface area contributed by atoms with Crippen LogP contribution in [0.1, 0.15) is 0 Å². The molecule has 5 nitrogen and oxygen atoms in total. The minimum absolute atomic E-state index is 0.611. The second kappa shape index (κ2) is 37.1. The van der Waals surface area contributed by atoms with Crippen molar-refractivity contribution in [3.05, 3.63) is 0 Å². The van der Waals surface area contributed by atoms with E-state index in [1.807, 2.05) is 0 Å². The summed E-state index contributed by atoms with van der Waals surface area (Å²) >= 11 is -4.08. The molecule has 0 aromatic heterocycles. The molecule has 0 bridgehead atoms. The summed E-state index contributed by atoms with van der Waals surface area (Å²) in [4.78, 5) is 0. The van der Waals surface area contributed by atoms with E-state index >= 15 is 0 Å². The monoisotopic (exact) mass is 338 g/mol. The zero-order chi connectivity index (χ0) is 7.41. The fourth-order valence-electron chi connectivity index (χ4n) is 0. The van der Waals surface area contributed by atoms with Gasteiger partial charge in [-0.2, -0.15) is 0 Å². The van der Waals surface area contributed by atoms with Crippen LogP contribution in [-0.2, 0) is 34.5 Å². The molecule has 8 heteroatoms. The Kier molecular flexibility index (Phi) is 76.1. The molecule has 0 spiro atoms. The first kappa shape index (κ1) is 16.4. The second-order valence-corrected chi connectivity index (χ2v) is 1.10. The van der Waals surface area contributed by atoms with Gasteiger partial charge in [-0.05, 0) is 0 Å². The molecule has 0 heterocycles. The Balaban J connectivity index is -0.0000000483. The normalized spacial score (nSPS) is 2.38. The zero-order valence-corrected chi connectivity index (χ0v) is 10.8. The number of hydrogen-bond donors (Lipinski definition) is 0. The molecule has 0 saturated heterocycles. The quantitative estimate of drug-likeness (QED) is 0.515. The number of rotatable bonds is 0. The first-order chi connectivity index (χ1) is 3.83. The summed E-state index contributed by atoms with van der Waals surface area (Å²) in [5.41, 5.74) is 0. The van der Waals surface area contributed by atoms with Crippen molar-refractivity contribution in [1.29, 1.82) is 0 Å². The molecule has 42 valence electrons. The first-order valence-electron chi connectivity index (χ1n) is 1.11. The van der Waals surface area contributed by atoms with Gasteiger partial charge in [-0.3, -0.25) is 0 Å². The van der Waals surface area contributed by atoms with Crippen LogP contribution in [0.25, 0.3) is 0 Å². The van der Waals surface area contributed by atoms with Crippen molar-refractivity contribution in [3.8, 4) is 0 Å². The van der Waals surface area contributed by atoms with E-state index in [1.54, 1.807) is 0 Å². The van der Waals surface area contributed by atoms with E-state index < -0.39 is 61.0 Å². The van der Waals surface area contributed by atoms with Crippen LogP contribution in [0, 0.1) is 37.8 Å². The second-order valence-electron chi connectivity index (χ2n) is 0.167. The molecule has 0 fully saturated rings. The molecule has 0 amide bonds. The molecule has 0 aliphatic heterocycles. The fourth-order valence-corrected chi connectivity index (χ4v) is 0. The summed E-state index contributed by atoms with van der Waals surface area (Å²) in [5, 5.41) is 0. The van der Waals surface area contributed by atoms with Crippen molar-refractivity contribution in [2.75, 3.05) is 0 Å². The predicted octanol–water partition coefficient (Wildman–Crippen LogP) is -1.25. The molecule has 0 aliphatic rings. The summed E-state index contributed by atoms with van der Waals surface area (Å²) < 4.78 is 42.5. The van der Waals surface area contributed by atoms with E-state index in [9.17, 15) is 0 Å². The van der Waals surface area contributed by atoms with Crippen LogP contribution in [-0.4, -0.2) is 16.2 Å². The summed E-state index contributed by atoms with van der Waals surface area (Å²) in [6, 6.07) is 0. The van der Waals surface area contributed by atoms with Gasteiger partial charge in [0, 0.05) is 0 Å². The van der Waals surface area contributed by atoms with Crippen LogP contribution in [0.4, 0.5) is 0 Å². The van der Waals surface area contributed by atoms with Crippen molar-refractivity contribution in [2.45, 2.75) is 0 Å². The van der Waals surface area contributed by atoms with Gasteiger partial charge in [0.15, 0.2) is 0 Å². The molecule has 0 rings (SSSR count). The van der Waals surface area contributed by atoms with Crippen LogP contribution in [0.15, 0.2) is 0 Å². The van der Waals surface area contributed by atoms with E-state index in [4.69, 9.17) is 11.3 Å². The third-order valence-electron chi connectivity index (χ3n) is 0. The van der Waals surface area contributed by atoms with Crippen LogP contribution in [0.5, 0.6) is 0 Å². The summed E-state index contributed by atoms with van der Waals surface area (Å²) in [7, 11) is 0. The van der Waals surface area contributed by atoms with E-state index in [1.165, 1.54) is 0 Å². The van der Waals surface area contributed by atoms with Crippen LogP contribution >= 0.6 is 0 Å². The van der Waals surface area contributed by atoms with E-state index in [0.29, 0.717) is 16.2 Å². The Bertz CT molecular complexity index is 76.6. The van der Waals surface area contributed by atoms with Gasteiger partial charge in [-0.25, -0.2) is 0 Å². The van der Waals surface area contributed by atoms with Gasteiger partial charge in [0.1, 0.15) is 0 Å². The molecule has 8 heavy (non-hydrogen) atoms. The maximum atomic E-state index is 8.57. The predicted molar refractivity (Wildman–Crippen MR) is 10.6 cm³/mol. The van der Waals surface area contributed by atoms with Gasteiger partial charge in [0.2, 0.25) is 0 Å². The third-order valence-corrected chi connectivity index (χ3v) is 0. The van der Waals surface area contributed by atoms with Crippen LogP contribution in [0.3, 0.4) is 0 Å². The van der Waals surface area contributed by atoms with Crippen LogP contribution in [0.2, 0.25) is 0 Å². The Labute approximate surface area is 86.7 Å². The van der Waals surface area contributed by atoms with E-state index in [2.05, 4.69) is 0 Å². The van der Waals surface area contributed by atoms with Crippen LogP contribution < -0.4 is 0 Å². The standard InChI is InChI=1S/Al.Ce.5O.Zr.H. The van der Waals surface area contributed by atoms with Gasteiger partial charge in [-0.1, -0.05) is 0 Å². The van der Waals surface area contributed by atoms with Crippen molar-refractivity contribution < 1.29 is 72.4 Å². The molecular weight excluding hydrogens is 338 g/mol. The average Bonchev–Trinajstić information content (AvgIpc) is 1.75. The molecule has 0 saturated carbocycles. The molecule has 0 aromatic carbocycles. The third kappa shape index (κ3) is 112. The molecule has 0 atom stereocenters. The Morgan fingerprint density at radius 2 is 1.12 bits per heavy atom. The van der Waals surface area contributed by atoms with E-state index in [0.717, 1.165) is 0 Å². The van der Waals surface area contributed by atoms with E-state index in [-0.39, 0.29) is 0 Å². The van der Waals surface area contributed by atoms with Crippen molar-refractivity contribution in [1.82, 2.24) is 0 Å². The fraction of sp³-hybridized carbons (Fsp3) is 0. The van der Waals surface area contributed by atoms with Gasteiger partial charge >= 0.3 is 88.6 Å². The maximum absolute atomic E-state index is 8.57. The molecule has 0 aliphatic carbocycles.